The van der Waals surface area contributed by atoms with E-state index in [0.717, 1.165) is 36.8 Å². The van der Waals surface area contributed by atoms with Gasteiger partial charge in [0, 0.05) is 16.8 Å². The van der Waals surface area contributed by atoms with Crippen LogP contribution in [0.5, 0.6) is 11.5 Å². The Morgan fingerprint density at radius 2 is 2.09 bits per heavy atom. The molecule has 1 aromatic heterocycles. The first-order valence-electron chi connectivity index (χ1n) is 6.65. The molecule has 0 unspecified atom stereocenters. The Balaban J connectivity index is 1.66. The molecule has 116 valence electrons. The van der Waals surface area contributed by atoms with Gasteiger partial charge in [0.25, 0.3) is 0 Å². The predicted molar refractivity (Wildman–Crippen MR) is 93.3 cm³/mol. The Kier molecular flexibility index (Phi) is 5.22. The topological polar surface area (TPSA) is 56.3 Å². The Bertz CT molecular complexity index is 678. The fourth-order valence-electron chi connectivity index (χ4n) is 1.86. The summed E-state index contributed by atoms with van der Waals surface area (Å²) in [6.45, 7) is 5.54. The number of ether oxygens (including phenoxy) is 2. The molecular weight excluding hydrogens is 386 g/mol. The first-order chi connectivity index (χ1) is 10.8. The molecule has 0 bridgehead atoms. The van der Waals surface area contributed by atoms with Crippen LogP contribution in [0.4, 0.5) is 5.13 Å². The monoisotopic (exact) mass is 399 g/mol. The average molecular weight is 400 g/mol. The molecule has 0 atom stereocenters. The van der Waals surface area contributed by atoms with Crippen LogP contribution in [0.1, 0.15) is 5.56 Å². The highest BCUT2D eigenvalue weighted by atomic mass is 79.9. The summed E-state index contributed by atoms with van der Waals surface area (Å²) in [7, 11) is 0. The Morgan fingerprint density at radius 3 is 2.86 bits per heavy atom. The molecule has 8 heteroatoms. The SMILES string of the molecule is C=CCNc1nnc(SCc2cc3c(cc2Br)OCCO3)s1. The minimum absolute atomic E-state index is 0.593. The van der Waals surface area contributed by atoms with Gasteiger partial charge in [-0.15, -0.1) is 16.8 Å². The highest BCUT2D eigenvalue weighted by Gasteiger charge is 2.15. The molecule has 1 aromatic carbocycles. The summed E-state index contributed by atoms with van der Waals surface area (Å²) < 4.78 is 13.1. The molecule has 0 saturated carbocycles. The maximum atomic E-state index is 5.62. The highest BCUT2D eigenvalue weighted by molar-refractivity contribution is 9.10. The van der Waals surface area contributed by atoms with Gasteiger partial charge < -0.3 is 14.8 Å². The number of fused-ring (bicyclic) bond motifs is 1. The van der Waals surface area contributed by atoms with Gasteiger partial charge in [0.1, 0.15) is 13.2 Å². The largest absolute Gasteiger partial charge is 0.486 e. The van der Waals surface area contributed by atoms with Crippen molar-refractivity contribution in [1.29, 1.82) is 0 Å². The van der Waals surface area contributed by atoms with Gasteiger partial charge in [0.05, 0.1) is 0 Å². The quantitative estimate of drug-likeness (QED) is 0.585. The summed E-state index contributed by atoms with van der Waals surface area (Å²) in [6.07, 6.45) is 1.79. The summed E-state index contributed by atoms with van der Waals surface area (Å²) in [5.74, 6) is 2.38. The van der Waals surface area contributed by atoms with Gasteiger partial charge in [-0.25, -0.2) is 0 Å². The number of rotatable bonds is 6. The summed E-state index contributed by atoms with van der Waals surface area (Å²) in [6, 6.07) is 3.98. The van der Waals surface area contributed by atoms with Crippen LogP contribution in [0.15, 0.2) is 33.6 Å². The number of anilines is 1. The van der Waals surface area contributed by atoms with E-state index in [4.69, 9.17) is 9.47 Å². The number of thioether (sulfide) groups is 1. The predicted octanol–water partition coefficient (Wildman–Crippen LogP) is 3.96. The number of aromatic nitrogens is 2. The number of hydrogen-bond acceptors (Lipinski definition) is 7. The van der Waals surface area contributed by atoms with Crippen LogP contribution in [-0.4, -0.2) is 30.0 Å². The summed E-state index contributed by atoms with van der Waals surface area (Å²) in [5, 5.41) is 12.2. The third-order valence-corrected chi connectivity index (χ3v) is 5.67. The van der Waals surface area contributed by atoms with E-state index in [1.807, 2.05) is 12.1 Å². The fraction of sp³-hybridized carbons (Fsp3) is 0.286. The minimum Gasteiger partial charge on any atom is -0.486 e. The van der Waals surface area contributed by atoms with Crippen molar-refractivity contribution < 1.29 is 9.47 Å². The van der Waals surface area contributed by atoms with E-state index in [1.54, 1.807) is 17.8 Å². The van der Waals surface area contributed by atoms with Crippen molar-refractivity contribution in [2.45, 2.75) is 10.1 Å². The van der Waals surface area contributed by atoms with E-state index in [0.29, 0.717) is 19.8 Å². The van der Waals surface area contributed by atoms with Crippen LogP contribution in [0.2, 0.25) is 0 Å². The van der Waals surface area contributed by atoms with Gasteiger partial charge in [-0.05, 0) is 17.7 Å². The van der Waals surface area contributed by atoms with Crippen molar-refractivity contribution in [1.82, 2.24) is 10.2 Å². The van der Waals surface area contributed by atoms with E-state index in [2.05, 4.69) is 38.0 Å². The standard InChI is InChI=1S/C14H14BrN3O2S2/c1-2-3-16-13-17-18-14(22-13)21-8-9-6-11-12(7-10(9)15)20-5-4-19-11/h2,6-7H,1,3-5,8H2,(H,16,17). The van der Waals surface area contributed by atoms with Crippen molar-refractivity contribution in [3.05, 3.63) is 34.8 Å². The summed E-state index contributed by atoms with van der Waals surface area (Å²) >= 11 is 6.77. The van der Waals surface area contributed by atoms with Crippen LogP contribution < -0.4 is 14.8 Å². The Morgan fingerprint density at radius 1 is 1.32 bits per heavy atom. The van der Waals surface area contributed by atoms with Crippen molar-refractivity contribution in [2.24, 2.45) is 0 Å². The normalized spacial score (nSPS) is 13.0. The number of benzene rings is 1. The van der Waals surface area contributed by atoms with Gasteiger partial charge in [-0.2, -0.15) is 0 Å². The van der Waals surface area contributed by atoms with E-state index >= 15 is 0 Å². The first kappa shape index (κ1) is 15.6. The third kappa shape index (κ3) is 3.74. The molecule has 0 amide bonds. The Labute approximate surface area is 145 Å². The van der Waals surface area contributed by atoms with Crippen LogP contribution in [0, 0.1) is 0 Å². The van der Waals surface area contributed by atoms with Crippen LogP contribution in [0.3, 0.4) is 0 Å². The zero-order chi connectivity index (χ0) is 15.4. The van der Waals surface area contributed by atoms with Gasteiger partial charge in [-0.1, -0.05) is 45.1 Å². The maximum absolute atomic E-state index is 5.62. The zero-order valence-electron chi connectivity index (χ0n) is 11.7. The second kappa shape index (κ2) is 7.34. The van der Waals surface area contributed by atoms with Gasteiger partial charge in [-0.3, -0.25) is 0 Å². The maximum Gasteiger partial charge on any atom is 0.206 e. The number of hydrogen-bond donors (Lipinski definition) is 1. The van der Waals surface area contributed by atoms with E-state index in [9.17, 15) is 0 Å². The van der Waals surface area contributed by atoms with Crippen molar-refractivity contribution in [3.63, 3.8) is 0 Å². The van der Waals surface area contributed by atoms with Gasteiger partial charge in [0.15, 0.2) is 15.8 Å². The smallest absolute Gasteiger partial charge is 0.206 e. The van der Waals surface area contributed by atoms with Crippen molar-refractivity contribution >= 4 is 44.2 Å². The molecule has 0 fully saturated rings. The molecule has 22 heavy (non-hydrogen) atoms. The van der Waals surface area contributed by atoms with E-state index < -0.39 is 0 Å². The molecule has 2 aromatic rings. The minimum atomic E-state index is 0.593. The molecule has 1 N–H and O–H groups in total. The average Bonchev–Trinajstić information content (AvgIpc) is 2.98. The van der Waals surface area contributed by atoms with Crippen molar-refractivity contribution in [3.8, 4) is 11.5 Å². The second-order valence-corrected chi connectivity index (χ2v) is 7.47. The third-order valence-electron chi connectivity index (χ3n) is 2.87. The molecule has 5 nitrogen and oxygen atoms in total. The molecular formula is C14H14BrN3O2S2. The second-order valence-electron chi connectivity index (χ2n) is 4.42. The van der Waals surface area contributed by atoms with Gasteiger partial charge in [0.2, 0.25) is 5.13 Å². The molecule has 0 spiro atoms. The lowest BCUT2D eigenvalue weighted by Gasteiger charge is -2.19. The lowest BCUT2D eigenvalue weighted by atomic mass is 10.2. The van der Waals surface area contributed by atoms with Gasteiger partial charge >= 0.3 is 0 Å². The lowest BCUT2D eigenvalue weighted by molar-refractivity contribution is 0.171. The molecule has 0 aliphatic carbocycles. The fourth-order valence-corrected chi connectivity index (χ4v) is 4.25. The van der Waals surface area contributed by atoms with E-state index in [-0.39, 0.29) is 0 Å². The summed E-state index contributed by atoms with van der Waals surface area (Å²) in [4.78, 5) is 0. The first-order valence-corrected chi connectivity index (χ1v) is 9.25. The Hall–Kier alpha value is -1.25. The lowest BCUT2D eigenvalue weighted by Crippen LogP contribution is -2.15. The zero-order valence-corrected chi connectivity index (χ0v) is 14.9. The molecule has 2 heterocycles. The number of halogens is 1. The van der Waals surface area contributed by atoms with Crippen LogP contribution >= 0.6 is 39.0 Å². The molecule has 1 aliphatic rings. The molecule has 0 saturated heterocycles. The highest BCUT2D eigenvalue weighted by Crippen LogP contribution is 2.38. The molecule has 0 radical (unpaired) electrons. The number of nitrogens with one attached hydrogen (secondary N) is 1. The number of nitrogens with zero attached hydrogens (tertiary/aromatic N) is 2. The molecule has 1 aliphatic heterocycles. The molecule has 3 rings (SSSR count). The van der Waals surface area contributed by atoms with Crippen molar-refractivity contribution in [2.75, 3.05) is 25.1 Å². The summed E-state index contributed by atoms with van der Waals surface area (Å²) in [5.41, 5.74) is 1.14. The van der Waals surface area contributed by atoms with Crippen LogP contribution in [0.25, 0.3) is 0 Å². The van der Waals surface area contributed by atoms with Crippen LogP contribution in [-0.2, 0) is 5.75 Å². The van der Waals surface area contributed by atoms with E-state index in [1.165, 1.54) is 11.3 Å².